The van der Waals surface area contributed by atoms with Gasteiger partial charge in [-0.15, -0.1) is 0 Å². The molecular weight excluding hydrogens is 216 g/mol. The Kier molecular flexibility index (Phi) is 5.40. The van der Waals surface area contributed by atoms with Gasteiger partial charge >= 0.3 is 11.9 Å². The van der Waals surface area contributed by atoms with Crippen LogP contribution in [-0.4, -0.2) is 29.6 Å². The van der Waals surface area contributed by atoms with Crippen LogP contribution < -0.4 is 0 Å². The van der Waals surface area contributed by atoms with E-state index in [-0.39, 0.29) is 0 Å². The Morgan fingerprint density at radius 1 is 1.12 bits per heavy atom. The molecule has 0 aliphatic heterocycles. The SMILES string of the molecule is CC(OO)OC(=O)C(C)OC(=O)C(C)(C)C. The Labute approximate surface area is 94.4 Å². The minimum atomic E-state index is -1.09. The first-order chi connectivity index (χ1) is 7.18. The molecule has 0 aliphatic rings. The standard InChI is InChI=1S/C10H18O6/c1-6(8(11)15-7(2)16-13)14-9(12)10(3,4)5/h6-7,13H,1-5H3. The third-order valence-corrected chi connectivity index (χ3v) is 1.66. The van der Waals surface area contributed by atoms with Crippen LogP contribution in [0.4, 0.5) is 0 Å². The van der Waals surface area contributed by atoms with Gasteiger partial charge in [-0.2, -0.15) is 4.89 Å². The number of hydrogen-bond donors (Lipinski definition) is 1. The van der Waals surface area contributed by atoms with E-state index in [0.717, 1.165) is 0 Å². The molecule has 16 heavy (non-hydrogen) atoms. The third kappa shape index (κ3) is 5.09. The second kappa shape index (κ2) is 5.81. The van der Waals surface area contributed by atoms with E-state index in [0.29, 0.717) is 0 Å². The van der Waals surface area contributed by atoms with Crippen molar-refractivity contribution in [3.8, 4) is 0 Å². The highest BCUT2D eigenvalue weighted by molar-refractivity contribution is 5.81. The largest absolute Gasteiger partial charge is 0.450 e. The van der Waals surface area contributed by atoms with Gasteiger partial charge in [0.05, 0.1) is 5.41 Å². The highest BCUT2D eigenvalue weighted by atomic mass is 17.1. The van der Waals surface area contributed by atoms with Crippen LogP contribution in [0.3, 0.4) is 0 Å². The van der Waals surface area contributed by atoms with Crippen LogP contribution >= 0.6 is 0 Å². The molecule has 0 aliphatic carbocycles. The van der Waals surface area contributed by atoms with Crippen molar-refractivity contribution in [2.75, 3.05) is 0 Å². The number of carbonyl (C=O) groups is 2. The fourth-order valence-corrected chi connectivity index (χ4v) is 0.666. The van der Waals surface area contributed by atoms with Crippen LogP contribution in [0, 0.1) is 5.41 Å². The Morgan fingerprint density at radius 2 is 1.62 bits per heavy atom. The lowest BCUT2D eigenvalue weighted by Crippen LogP contribution is -2.33. The van der Waals surface area contributed by atoms with Crippen LogP contribution in [0.5, 0.6) is 0 Å². The molecule has 0 amide bonds. The van der Waals surface area contributed by atoms with Gasteiger partial charge in [0.2, 0.25) is 6.29 Å². The quantitative estimate of drug-likeness (QED) is 0.342. The molecule has 2 atom stereocenters. The minimum absolute atomic E-state index is 0.505. The van der Waals surface area contributed by atoms with Crippen molar-refractivity contribution in [1.82, 2.24) is 0 Å². The normalized spacial score (nSPS) is 15.1. The van der Waals surface area contributed by atoms with Gasteiger partial charge in [0, 0.05) is 6.92 Å². The number of ether oxygens (including phenoxy) is 2. The van der Waals surface area contributed by atoms with E-state index in [1.165, 1.54) is 13.8 Å². The average Bonchev–Trinajstić information content (AvgIpc) is 2.15. The Hall–Kier alpha value is -1.14. The maximum absolute atomic E-state index is 11.4. The summed E-state index contributed by atoms with van der Waals surface area (Å²) in [5, 5.41) is 8.19. The predicted molar refractivity (Wildman–Crippen MR) is 54.3 cm³/mol. The van der Waals surface area contributed by atoms with Crippen molar-refractivity contribution in [1.29, 1.82) is 0 Å². The summed E-state index contributed by atoms with van der Waals surface area (Å²) in [4.78, 5) is 26.5. The molecule has 0 spiro atoms. The molecular formula is C10H18O6. The van der Waals surface area contributed by atoms with Crippen molar-refractivity contribution in [2.45, 2.75) is 47.0 Å². The molecule has 0 rings (SSSR count). The summed E-state index contributed by atoms with van der Waals surface area (Å²) in [6.07, 6.45) is -2.13. The van der Waals surface area contributed by atoms with Gasteiger partial charge in [-0.05, 0) is 27.7 Å². The number of esters is 2. The summed E-state index contributed by atoms with van der Waals surface area (Å²) >= 11 is 0. The molecule has 0 saturated heterocycles. The van der Waals surface area contributed by atoms with E-state index in [9.17, 15) is 9.59 Å². The summed E-state index contributed by atoms with van der Waals surface area (Å²) < 4.78 is 9.46. The Morgan fingerprint density at radius 3 is 2.00 bits per heavy atom. The predicted octanol–water partition coefficient (Wildman–Crippen LogP) is 1.34. The molecule has 0 bridgehead atoms. The lowest BCUT2D eigenvalue weighted by molar-refractivity contribution is -0.332. The molecule has 2 unspecified atom stereocenters. The van der Waals surface area contributed by atoms with Gasteiger partial charge in [0.1, 0.15) is 0 Å². The van der Waals surface area contributed by atoms with E-state index in [1.807, 2.05) is 0 Å². The van der Waals surface area contributed by atoms with Crippen LogP contribution in [0.15, 0.2) is 0 Å². The van der Waals surface area contributed by atoms with Crippen LogP contribution in [0.25, 0.3) is 0 Å². The van der Waals surface area contributed by atoms with Gasteiger partial charge < -0.3 is 9.47 Å². The van der Waals surface area contributed by atoms with Crippen LogP contribution in [0.2, 0.25) is 0 Å². The van der Waals surface area contributed by atoms with Gasteiger partial charge in [-0.3, -0.25) is 4.79 Å². The molecule has 0 aromatic rings. The van der Waals surface area contributed by atoms with Crippen molar-refractivity contribution < 1.29 is 29.2 Å². The van der Waals surface area contributed by atoms with Crippen molar-refractivity contribution in [3.05, 3.63) is 0 Å². The molecule has 0 heterocycles. The average molecular weight is 234 g/mol. The summed E-state index contributed by atoms with van der Waals surface area (Å²) in [5.74, 6) is -1.28. The number of carbonyl (C=O) groups excluding carboxylic acids is 2. The van der Waals surface area contributed by atoms with Crippen LogP contribution in [0.1, 0.15) is 34.6 Å². The summed E-state index contributed by atoms with van der Waals surface area (Å²) in [7, 11) is 0. The molecule has 6 nitrogen and oxygen atoms in total. The molecule has 0 aromatic heterocycles. The van der Waals surface area contributed by atoms with Gasteiger partial charge in [0.25, 0.3) is 0 Å². The van der Waals surface area contributed by atoms with E-state index in [4.69, 9.17) is 9.99 Å². The maximum atomic E-state index is 11.4. The smallest absolute Gasteiger partial charge is 0.349 e. The first kappa shape index (κ1) is 14.9. The molecule has 1 N–H and O–H groups in total. The zero-order valence-corrected chi connectivity index (χ0v) is 10.1. The molecule has 0 saturated carbocycles. The molecule has 0 fully saturated rings. The number of rotatable bonds is 4. The first-order valence-corrected chi connectivity index (χ1v) is 4.90. The van der Waals surface area contributed by atoms with Crippen molar-refractivity contribution >= 4 is 11.9 Å². The highest BCUT2D eigenvalue weighted by Crippen LogP contribution is 2.16. The van der Waals surface area contributed by atoms with Gasteiger partial charge in [0.15, 0.2) is 6.10 Å². The van der Waals surface area contributed by atoms with Gasteiger partial charge in [-0.25, -0.2) is 10.1 Å². The van der Waals surface area contributed by atoms with Crippen LogP contribution in [-0.2, 0) is 24.0 Å². The molecule has 94 valence electrons. The fourth-order valence-electron chi connectivity index (χ4n) is 0.666. The zero-order chi connectivity index (χ0) is 12.9. The zero-order valence-electron chi connectivity index (χ0n) is 10.1. The summed E-state index contributed by atoms with van der Waals surface area (Å²) in [6, 6.07) is 0. The fraction of sp³-hybridized carbons (Fsp3) is 0.800. The highest BCUT2D eigenvalue weighted by Gasteiger charge is 2.28. The van der Waals surface area contributed by atoms with E-state index in [1.54, 1.807) is 20.8 Å². The topological polar surface area (TPSA) is 82.1 Å². The van der Waals surface area contributed by atoms with E-state index in [2.05, 4.69) is 9.62 Å². The lowest BCUT2D eigenvalue weighted by Gasteiger charge is -2.20. The Bertz CT molecular complexity index is 255. The van der Waals surface area contributed by atoms with E-state index < -0.39 is 29.7 Å². The second-order valence-corrected chi connectivity index (χ2v) is 4.41. The molecule has 6 heteroatoms. The molecule has 0 radical (unpaired) electrons. The number of hydrogen-bond acceptors (Lipinski definition) is 6. The monoisotopic (exact) mass is 234 g/mol. The van der Waals surface area contributed by atoms with Gasteiger partial charge in [-0.1, -0.05) is 0 Å². The third-order valence-electron chi connectivity index (χ3n) is 1.66. The second-order valence-electron chi connectivity index (χ2n) is 4.41. The first-order valence-electron chi connectivity index (χ1n) is 4.90. The summed E-state index contributed by atoms with van der Waals surface area (Å²) in [5.41, 5.74) is -0.687. The lowest BCUT2D eigenvalue weighted by atomic mass is 9.97. The summed E-state index contributed by atoms with van der Waals surface area (Å²) in [6.45, 7) is 7.73. The van der Waals surface area contributed by atoms with Crippen molar-refractivity contribution in [2.24, 2.45) is 5.41 Å². The van der Waals surface area contributed by atoms with E-state index >= 15 is 0 Å². The maximum Gasteiger partial charge on any atom is 0.349 e. The minimum Gasteiger partial charge on any atom is -0.450 e. The Balaban J connectivity index is 4.21. The van der Waals surface area contributed by atoms with Crippen molar-refractivity contribution in [3.63, 3.8) is 0 Å². The molecule has 0 aromatic carbocycles.